The zero-order valence-corrected chi connectivity index (χ0v) is 10.3. The van der Waals surface area contributed by atoms with Crippen molar-refractivity contribution in [2.24, 2.45) is 0 Å². The molecule has 0 spiro atoms. The maximum atomic E-state index is 5.07. The fraction of sp³-hybridized carbons (Fsp3) is 0.182. The van der Waals surface area contributed by atoms with Crippen LogP contribution >= 0.6 is 12.4 Å². The zero-order valence-electron chi connectivity index (χ0n) is 9.45. The molecule has 0 atom stereocenters. The van der Waals surface area contributed by atoms with Crippen molar-refractivity contribution in [3.63, 3.8) is 0 Å². The summed E-state index contributed by atoms with van der Waals surface area (Å²) in [5, 5.41) is 0. The van der Waals surface area contributed by atoms with E-state index in [4.69, 9.17) is 9.47 Å². The second-order valence-electron chi connectivity index (χ2n) is 3.02. The molecule has 0 aliphatic heterocycles. The fourth-order valence-corrected chi connectivity index (χ4v) is 1.27. The molecule has 0 radical (unpaired) electrons. The van der Waals surface area contributed by atoms with Crippen LogP contribution < -0.4 is 9.47 Å². The number of ether oxygens (including phenoxy) is 2. The monoisotopic (exact) mass is 253 g/mol. The lowest BCUT2D eigenvalue weighted by Crippen LogP contribution is -1.97. The van der Waals surface area contributed by atoms with Crippen LogP contribution in [0.15, 0.2) is 30.6 Å². The third-order valence-corrected chi connectivity index (χ3v) is 2.05. The lowest BCUT2D eigenvalue weighted by molar-refractivity contribution is 0.353. The molecule has 90 valence electrons. The average molecular weight is 254 g/mol. The Balaban J connectivity index is 0.00000144. The molecule has 0 saturated heterocycles. The predicted octanol–water partition coefficient (Wildman–Crippen LogP) is 1.98. The highest BCUT2D eigenvalue weighted by atomic mass is 35.5. The molecule has 2 heterocycles. The Bertz CT molecular complexity index is 457. The summed E-state index contributed by atoms with van der Waals surface area (Å²) in [6.45, 7) is 0. The van der Waals surface area contributed by atoms with Gasteiger partial charge in [-0.2, -0.15) is 9.97 Å². The van der Waals surface area contributed by atoms with Crippen molar-refractivity contribution >= 4 is 12.4 Å². The van der Waals surface area contributed by atoms with Crippen LogP contribution in [0.25, 0.3) is 11.3 Å². The molecule has 2 aromatic rings. The summed E-state index contributed by atoms with van der Waals surface area (Å²) in [6, 6.07) is 5.76. The van der Waals surface area contributed by atoms with Gasteiger partial charge in [-0.15, -0.1) is 12.4 Å². The summed E-state index contributed by atoms with van der Waals surface area (Å²) in [5.74, 6) is 0.471. The van der Waals surface area contributed by atoms with Crippen molar-refractivity contribution in [1.82, 2.24) is 15.0 Å². The Morgan fingerprint density at radius 2 is 1.71 bits per heavy atom. The van der Waals surface area contributed by atoms with Crippen LogP contribution in [0.4, 0.5) is 0 Å². The molecule has 6 heteroatoms. The quantitative estimate of drug-likeness (QED) is 0.837. The van der Waals surface area contributed by atoms with E-state index < -0.39 is 0 Å². The Hall–Kier alpha value is -1.88. The van der Waals surface area contributed by atoms with Crippen LogP contribution in [0.1, 0.15) is 0 Å². The summed E-state index contributed by atoms with van der Waals surface area (Å²) in [7, 11) is 3.07. The highest BCUT2D eigenvalue weighted by Crippen LogP contribution is 2.22. The lowest BCUT2D eigenvalue weighted by Gasteiger charge is -2.05. The first kappa shape index (κ1) is 13.2. The maximum Gasteiger partial charge on any atom is 0.320 e. The first-order valence-corrected chi connectivity index (χ1v) is 4.71. The van der Waals surface area contributed by atoms with Gasteiger partial charge in [-0.05, 0) is 12.1 Å². The molecule has 0 aliphatic rings. The summed E-state index contributed by atoms with van der Waals surface area (Å²) < 4.78 is 10.1. The largest absolute Gasteiger partial charge is 0.481 e. The van der Waals surface area contributed by atoms with Crippen LogP contribution in [0, 0.1) is 0 Å². The molecule has 0 amide bonds. The maximum absolute atomic E-state index is 5.07. The van der Waals surface area contributed by atoms with Crippen molar-refractivity contribution in [1.29, 1.82) is 0 Å². The van der Waals surface area contributed by atoms with Gasteiger partial charge < -0.3 is 9.47 Å². The van der Waals surface area contributed by atoms with E-state index in [1.54, 1.807) is 25.6 Å². The van der Waals surface area contributed by atoms with E-state index >= 15 is 0 Å². The van der Waals surface area contributed by atoms with Crippen LogP contribution in [0.2, 0.25) is 0 Å². The van der Waals surface area contributed by atoms with Crippen LogP contribution in [0.5, 0.6) is 11.9 Å². The second-order valence-corrected chi connectivity index (χ2v) is 3.02. The number of methoxy groups -OCH3 is 2. The third-order valence-electron chi connectivity index (χ3n) is 2.05. The van der Waals surface area contributed by atoms with Crippen molar-refractivity contribution in [3.05, 3.63) is 30.6 Å². The average Bonchev–Trinajstić information content (AvgIpc) is 2.39. The summed E-state index contributed by atoms with van der Waals surface area (Å²) in [5.41, 5.74) is 1.68. The topological polar surface area (TPSA) is 57.1 Å². The van der Waals surface area contributed by atoms with E-state index in [9.17, 15) is 0 Å². The number of hydrogen-bond acceptors (Lipinski definition) is 5. The smallest absolute Gasteiger partial charge is 0.320 e. The first-order chi connectivity index (χ1) is 7.83. The fourth-order valence-electron chi connectivity index (χ4n) is 1.27. The van der Waals surface area contributed by atoms with Gasteiger partial charge in [0.25, 0.3) is 0 Å². The number of hydrogen-bond donors (Lipinski definition) is 0. The molecule has 0 saturated carbocycles. The van der Waals surface area contributed by atoms with E-state index in [1.165, 1.54) is 7.11 Å². The molecule has 0 unspecified atom stereocenters. The van der Waals surface area contributed by atoms with Crippen LogP contribution in [-0.4, -0.2) is 29.2 Å². The number of aromatic nitrogens is 3. The van der Waals surface area contributed by atoms with Crippen molar-refractivity contribution < 1.29 is 9.47 Å². The standard InChI is InChI=1S/C11H11N3O2.ClH/c1-15-10-7-9(13-11(14-10)16-2)8-3-5-12-6-4-8;/h3-7H,1-2H3;1H. The summed E-state index contributed by atoms with van der Waals surface area (Å²) >= 11 is 0. The molecule has 17 heavy (non-hydrogen) atoms. The van der Waals surface area contributed by atoms with Gasteiger partial charge in [0.15, 0.2) is 0 Å². The molecule has 0 aliphatic carbocycles. The van der Waals surface area contributed by atoms with Crippen molar-refractivity contribution in [3.8, 4) is 23.1 Å². The van der Waals surface area contributed by atoms with Crippen LogP contribution in [-0.2, 0) is 0 Å². The van der Waals surface area contributed by atoms with E-state index in [2.05, 4.69) is 15.0 Å². The van der Waals surface area contributed by atoms with Gasteiger partial charge in [-0.3, -0.25) is 4.98 Å². The number of halogens is 1. The third kappa shape index (κ3) is 3.04. The van der Waals surface area contributed by atoms with Crippen LogP contribution in [0.3, 0.4) is 0 Å². The first-order valence-electron chi connectivity index (χ1n) is 4.71. The van der Waals surface area contributed by atoms with E-state index in [0.717, 1.165) is 11.3 Å². The van der Waals surface area contributed by atoms with Crippen molar-refractivity contribution in [2.45, 2.75) is 0 Å². The van der Waals surface area contributed by atoms with Gasteiger partial charge in [-0.25, -0.2) is 0 Å². The molecular formula is C11H12ClN3O2. The molecule has 0 aromatic carbocycles. The SMILES string of the molecule is COc1cc(-c2ccncc2)nc(OC)n1.Cl. The van der Waals surface area contributed by atoms with Gasteiger partial charge in [0.05, 0.1) is 19.9 Å². The predicted molar refractivity (Wildman–Crippen MR) is 65.6 cm³/mol. The number of nitrogens with zero attached hydrogens (tertiary/aromatic N) is 3. The molecular weight excluding hydrogens is 242 g/mol. The Morgan fingerprint density at radius 3 is 2.29 bits per heavy atom. The van der Waals surface area contributed by atoms with E-state index in [0.29, 0.717) is 5.88 Å². The zero-order chi connectivity index (χ0) is 11.4. The molecule has 2 rings (SSSR count). The highest BCUT2D eigenvalue weighted by Gasteiger charge is 2.06. The second kappa shape index (κ2) is 6.00. The Labute approximate surface area is 105 Å². The minimum Gasteiger partial charge on any atom is -0.481 e. The normalized spacial score (nSPS) is 9.29. The van der Waals surface area contributed by atoms with Gasteiger partial charge >= 0.3 is 6.01 Å². The molecule has 0 fully saturated rings. The Morgan fingerprint density at radius 1 is 1.00 bits per heavy atom. The minimum absolute atomic E-state index is 0. The number of pyridine rings is 1. The molecule has 0 N–H and O–H groups in total. The molecule has 0 bridgehead atoms. The Kier molecular flexibility index (Phi) is 4.66. The van der Waals surface area contributed by atoms with E-state index in [1.807, 2.05) is 12.1 Å². The summed E-state index contributed by atoms with van der Waals surface area (Å²) in [4.78, 5) is 12.2. The van der Waals surface area contributed by atoms with Crippen molar-refractivity contribution in [2.75, 3.05) is 14.2 Å². The van der Waals surface area contributed by atoms with Gasteiger partial charge in [0.1, 0.15) is 0 Å². The highest BCUT2D eigenvalue weighted by molar-refractivity contribution is 5.85. The van der Waals surface area contributed by atoms with Gasteiger partial charge in [0, 0.05) is 24.0 Å². The van der Waals surface area contributed by atoms with Gasteiger partial charge in [-0.1, -0.05) is 0 Å². The molecule has 5 nitrogen and oxygen atoms in total. The minimum atomic E-state index is 0. The number of rotatable bonds is 3. The van der Waals surface area contributed by atoms with Gasteiger partial charge in [0.2, 0.25) is 5.88 Å². The molecule has 2 aromatic heterocycles. The van der Waals surface area contributed by atoms with E-state index in [-0.39, 0.29) is 18.4 Å². The summed E-state index contributed by atoms with van der Waals surface area (Å²) in [6.07, 6.45) is 3.41. The lowest BCUT2D eigenvalue weighted by atomic mass is 10.2.